The molecule has 0 spiro atoms. The number of hydrogen-bond donors (Lipinski definition) is 1. The number of carbonyl (C=O) groups excluding carboxylic acids is 3. The minimum atomic E-state index is -0.302. The molecular weight excluding hydrogens is 254 g/mol. The lowest BCUT2D eigenvalue weighted by Gasteiger charge is -2.06. The zero-order valence-electron chi connectivity index (χ0n) is 10.9. The number of carbonyl (C=O) groups is 3. The van der Waals surface area contributed by atoms with Crippen molar-refractivity contribution in [1.29, 1.82) is 0 Å². The molecule has 0 aromatic heterocycles. The van der Waals surface area contributed by atoms with Gasteiger partial charge in [0.2, 0.25) is 0 Å². The summed E-state index contributed by atoms with van der Waals surface area (Å²) in [6.07, 6.45) is 0.693. The van der Waals surface area contributed by atoms with Crippen LogP contribution in [0.2, 0.25) is 0 Å². The Morgan fingerprint density at radius 3 is 2.30 bits per heavy atom. The molecule has 0 bridgehead atoms. The van der Waals surface area contributed by atoms with Crippen molar-refractivity contribution in [3.8, 4) is 0 Å². The van der Waals surface area contributed by atoms with Crippen molar-refractivity contribution in [3.05, 3.63) is 65.2 Å². The summed E-state index contributed by atoms with van der Waals surface area (Å²) in [6, 6.07) is 13.1. The molecule has 2 rings (SSSR count). The molecule has 0 fully saturated rings. The van der Waals surface area contributed by atoms with Crippen LogP contribution < -0.4 is 5.32 Å². The third-order valence-electron chi connectivity index (χ3n) is 2.83. The van der Waals surface area contributed by atoms with Crippen LogP contribution in [0.25, 0.3) is 0 Å². The lowest BCUT2D eigenvalue weighted by Crippen LogP contribution is -2.12. The Bertz CT molecular complexity index is 660. The molecule has 0 saturated carbocycles. The summed E-state index contributed by atoms with van der Waals surface area (Å²) in [6.45, 7) is 1.48. The molecule has 1 N–H and O–H groups in total. The zero-order chi connectivity index (χ0) is 14.5. The predicted molar refractivity (Wildman–Crippen MR) is 76.2 cm³/mol. The summed E-state index contributed by atoms with van der Waals surface area (Å²) in [5.41, 5.74) is 2.04. The number of rotatable bonds is 4. The molecule has 100 valence electrons. The van der Waals surface area contributed by atoms with Crippen LogP contribution in [-0.2, 0) is 0 Å². The normalized spacial score (nSPS) is 9.85. The molecule has 4 nitrogen and oxygen atoms in total. The summed E-state index contributed by atoms with van der Waals surface area (Å²) < 4.78 is 0. The maximum absolute atomic E-state index is 12.0. The van der Waals surface area contributed by atoms with E-state index in [4.69, 9.17) is 0 Å². The lowest BCUT2D eigenvalue weighted by molar-refractivity contribution is 0.101. The Kier molecular flexibility index (Phi) is 4.05. The first-order valence-electron chi connectivity index (χ1n) is 6.08. The van der Waals surface area contributed by atoms with Gasteiger partial charge < -0.3 is 5.32 Å². The van der Waals surface area contributed by atoms with Gasteiger partial charge in [0, 0.05) is 22.4 Å². The van der Waals surface area contributed by atoms with Crippen molar-refractivity contribution in [3.63, 3.8) is 0 Å². The maximum Gasteiger partial charge on any atom is 0.255 e. The fourth-order valence-corrected chi connectivity index (χ4v) is 1.74. The van der Waals surface area contributed by atoms with E-state index in [0.29, 0.717) is 28.7 Å². The number of anilines is 1. The van der Waals surface area contributed by atoms with Crippen LogP contribution in [0.3, 0.4) is 0 Å². The Morgan fingerprint density at radius 1 is 1.00 bits per heavy atom. The number of Topliss-reactive ketones (excluding diaryl/α,β-unsaturated/α-hetero) is 1. The van der Waals surface area contributed by atoms with Gasteiger partial charge in [-0.25, -0.2) is 0 Å². The van der Waals surface area contributed by atoms with Crippen molar-refractivity contribution in [2.24, 2.45) is 0 Å². The highest BCUT2D eigenvalue weighted by Crippen LogP contribution is 2.12. The number of hydrogen-bond acceptors (Lipinski definition) is 3. The topological polar surface area (TPSA) is 63.2 Å². The van der Waals surface area contributed by atoms with Crippen LogP contribution in [0.15, 0.2) is 48.5 Å². The van der Waals surface area contributed by atoms with E-state index < -0.39 is 0 Å². The number of aldehydes is 1. The molecule has 4 heteroatoms. The average molecular weight is 267 g/mol. The highest BCUT2D eigenvalue weighted by atomic mass is 16.1. The first-order chi connectivity index (χ1) is 9.60. The highest BCUT2D eigenvalue weighted by Gasteiger charge is 2.07. The van der Waals surface area contributed by atoms with Gasteiger partial charge in [0.15, 0.2) is 5.78 Å². The molecule has 0 aliphatic rings. The Morgan fingerprint density at radius 2 is 1.70 bits per heavy atom. The van der Waals surface area contributed by atoms with E-state index >= 15 is 0 Å². The maximum atomic E-state index is 12.0. The fraction of sp³-hybridized carbons (Fsp3) is 0.0625. The molecule has 20 heavy (non-hydrogen) atoms. The van der Waals surface area contributed by atoms with Crippen molar-refractivity contribution < 1.29 is 14.4 Å². The summed E-state index contributed by atoms with van der Waals surface area (Å²) >= 11 is 0. The zero-order valence-corrected chi connectivity index (χ0v) is 10.9. The van der Waals surface area contributed by atoms with E-state index in [1.54, 1.807) is 42.5 Å². The van der Waals surface area contributed by atoms with Crippen LogP contribution in [-0.4, -0.2) is 18.0 Å². The van der Waals surface area contributed by atoms with Gasteiger partial charge in [0.1, 0.15) is 6.29 Å². The fourth-order valence-electron chi connectivity index (χ4n) is 1.74. The molecule has 0 radical (unpaired) electrons. The molecule has 2 aromatic carbocycles. The second-order valence-electron chi connectivity index (χ2n) is 4.33. The second-order valence-corrected chi connectivity index (χ2v) is 4.33. The third kappa shape index (κ3) is 3.17. The number of ketones is 1. The van der Waals surface area contributed by atoms with Gasteiger partial charge in [-0.15, -0.1) is 0 Å². The van der Waals surface area contributed by atoms with Crippen LogP contribution in [0, 0.1) is 0 Å². The first-order valence-corrected chi connectivity index (χ1v) is 6.08. The molecule has 0 unspecified atom stereocenters. The highest BCUT2D eigenvalue weighted by molar-refractivity contribution is 6.05. The summed E-state index contributed by atoms with van der Waals surface area (Å²) in [7, 11) is 0. The lowest BCUT2D eigenvalue weighted by atomic mass is 10.1. The van der Waals surface area contributed by atoms with Gasteiger partial charge in [0.25, 0.3) is 5.91 Å². The number of benzene rings is 2. The van der Waals surface area contributed by atoms with Gasteiger partial charge in [-0.3, -0.25) is 14.4 Å². The van der Waals surface area contributed by atoms with Crippen molar-refractivity contribution >= 4 is 23.7 Å². The van der Waals surface area contributed by atoms with Crippen LogP contribution in [0.1, 0.15) is 38.0 Å². The van der Waals surface area contributed by atoms with Gasteiger partial charge in [-0.05, 0) is 43.3 Å². The van der Waals surface area contributed by atoms with Crippen molar-refractivity contribution in [1.82, 2.24) is 0 Å². The standard InChI is InChI=1S/C16H13NO3/c1-11(19)13-5-7-15(8-6-13)17-16(20)14-4-2-3-12(9-14)10-18/h2-10H,1H3,(H,17,20). The SMILES string of the molecule is CC(=O)c1ccc(NC(=O)c2cccc(C=O)c2)cc1. The molecule has 2 aromatic rings. The van der Waals surface area contributed by atoms with Crippen LogP contribution >= 0.6 is 0 Å². The summed E-state index contributed by atoms with van der Waals surface area (Å²) in [4.78, 5) is 33.8. The summed E-state index contributed by atoms with van der Waals surface area (Å²) in [5, 5.41) is 2.71. The van der Waals surface area contributed by atoms with Gasteiger partial charge in [-0.1, -0.05) is 12.1 Å². The molecule has 0 aliphatic carbocycles. The molecule has 0 saturated heterocycles. The minimum Gasteiger partial charge on any atom is -0.322 e. The smallest absolute Gasteiger partial charge is 0.255 e. The van der Waals surface area contributed by atoms with Crippen LogP contribution in [0.4, 0.5) is 5.69 Å². The minimum absolute atomic E-state index is 0.0263. The second kappa shape index (κ2) is 5.93. The summed E-state index contributed by atoms with van der Waals surface area (Å²) in [5.74, 6) is -0.328. The third-order valence-corrected chi connectivity index (χ3v) is 2.83. The number of nitrogens with one attached hydrogen (secondary N) is 1. The average Bonchev–Trinajstić information content (AvgIpc) is 2.47. The van der Waals surface area contributed by atoms with E-state index in [-0.39, 0.29) is 11.7 Å². The first kappa shape index (κ1) is 13.7. The largest absolute Gasteiger partial charge is 0.322 e. The van der Waals surface area contributed by atoms with E-state index in [9.17, 15) is 14.4 Å². The molecule has 0 heterocycles. The Hall–Kier alpha value is -2.75. The van der Waals surface area contributed by atoms with E-state index in [0.717, 1.165) is 0 Å². The van der Waals surface area contributed by atoms with Crippen LogP contribution in [0.5, 0.6) is 0 Å². The van der Waals surface area contributed by atoms with E-state index in [1.165, 1.54) is 13.0 Å². The molecule has 0 aliphatic heterocycles. The molecular formula is C16H13NO3. The molecule has 0 atom stereocenters. The molecule has 1 amide bonds. The van der Waals surface area contributed by atoms with E-state index in [1.807, 2.05) is 0 Å². The van der Waals surface area contributed by atoms with Gasteiger partial charge in [0.05, 0.1) is 0 Å². The quantitative estimate of drug-likeness (QED) is 0.684. The van der Waals surface area contributed by atoms with E-state index in [2.05, 4.69) is 5.32 Å². The predicted octanol–water partition coefficient (Wildman–Crippen LogP) is 2.95. The van der Waals surface area contributed by atoms with Gasteiger partial charge in [-0.2, -0.15) is 0 Å². The van der Waals surface area contributed by atoms with Crippen molar-refractivity contribution in [2.45, 2.75) is 6.92 Å². The Labute approximate surface area is 116 Å². The van der Waals surface area contributed by atoms with Gasteiger partial charge >= 0.3 is 0 Å². The monoisotopic (exact) mass is 267 g/mol. The van der Waals surface area contributed by atoms with Crippen molar-refractivity contribution in [2.75, 3.05) is 5.32 Å². The Balaban J connectivity index is 2.14. The number of amides is 1.